The Bertz CT molecular complexity index is 884. The summed E-state index contributed by atoms with van der Waals surface area (Å²) in [6.45, 7) is -0.0285. The number of methoxy groups -OCH3 is 2. The van der Waals surface area contributed by atoms with Crippen molar-refractivity contribution in [3.63, 3.8) is 0 Å². The first-order valence-corrected chi connectivity index (χ1v) is 13.8. The van der Waals surface area contributed by atoms with Crippen molar-refractivity contribution in [3.05, 3.63) is 0 Å². The monoisotopic (exact) mass is 674 g/mol. The minimum Gasteiger partial charge on any atom is -0.481 e. The van der Waals surface area contributed by atoms with Crippen LogP contribution in [0.1, 0.15) is 6.92 Å². The molecule has 2 rings (SSSR count). The van der Waals surface area contributed by atoms with Crippen LogP contribution < -0.4 is 0 Å². The van der Waals surface area contributed by atoms with E-state index in [1.165, 1.54) is 14.2 Å². The maximum Gasteiger partial charge on any atom is 0.508 e. The highest BCUT2D eigenvalue weighted by molar-refractivity contribution is 5.63. The molecular weight excluding hydrogens is 632 g/mol. The number of aliphatic carboxylic acids is 1. The van der Waals surface area contributed by atoms with Gasteiger partial charge in [-0.2, -0.15) is 0 Å². The number of aliphatic hydroxyl groups is 2. The minimum absolute atomic E-state index is 0.0235. The highest BCUT2D eigenvalue weighted by Gasteiger charge is 2.37. The Morgan fingerprint density at radius 1 is 0.848 bits per heavy atom. The number of hydrogen-bond donors (Lipinski definition) is 3. The van der Waals surface area contributed by atoms with Crippen molar-refractivity contribution in [2.45, 2.75) is 55.8 Å². The quantitative estimate of drug-likeness (QED) is 0.0540. The van der Waals surface area contributed by atoms with Crippen LogP contribution in [0, 0.1) is 0 Å². The second-order valence-electron chi connectivity index (χ2n) is 9.52. The highest BCUT2D eigenvalue weighted by Crippen LogP contribution is 2.17. The lowest BCUT2D eigenvalue weighted by molar-refractivity contribution is -0.187. The van der Waals surface area contributed by atoms with Crippen LogP contribution in [0.3, 0.4) is 0 Å². The predicted octanol–water partition coefficient (Wildman–Crippen LogP) is -1.95. The zero-order valence-corrected chi connectivity index (χ0v) is 25.6. The van der Waals surface area contributed by atoms with E-state index in [1.54, 1.807) is 0 Å². The van der Waals surface area contributed by atoms with Gasteiger partial charge < -0.3 is 72.2 Å². The Morgan fingerprint density at radius 2 is 1.48 bits per heavy atom. The minimum atomic E-state index is -1.59. The lowest BCUT2D eigenvalue weighted by Gasteiger charge is -2.33. The SMILES string of the molecule is CC(=O)O.COCC(COCC(OCC1COC(=O)O1)C(O)C(OCC(COC=O)OC)C(O)COCC1COC(=O)O1)OC=O. The number of ether oxygens (including phenoxy) is 12. The molecule has 0 amide bonds. The summed E-state index contributed by atoms with van der Waals surface area (Å²) in [5.74, 6) is -0.833. The molecule has 0 bridgehead atoms. The molecule has 0 aromatic heterocycles. The van der Waals surface area contributed by atoms with Gasteiger partial charge in [0.05, 0.1) is 46.2 Å². The normalized spacial score (nSPS) is 21.1. The first kappa shape index (κ1) is 40.7. The number of rotatable bonds is 25. The second-order valence-corrected chi connectivity index (χ2v) is 9.52. The van der Waals surface area contributed by atoms with Crippen LogP contribution in [-0.2, 0) is 71.2 Å². The molecule has 20 nitrogen and oxygen atoms in total. The molecule has 0 aromatic rings. The molecule has 0 aliphatic carbocycles. The smallest absolute Gasteiger partial charge is 0.481 e. The summed E-state index contributed by atoms with van der Waals surface area (Å²) in [5, 5.41) is 29.7. The van der Waals surface area contributed by atoms with Crippen LogP contribution in [0.5, 0.6) is 0 Å². The number of carboxylic acids is 1. The summed E-state index contributed by atoms with van der Waals surface area (Å²) in [4.78, 5) is 52.8. The van der Waals surface area contributed by atoms with Crippen molar-refractivity contribution in [2.24, 2.45) is 0 Å². The topological polar surface area (TPSA) is 257 Å². The Balaban J connectivity index is 0.00000249. The van der Waals surface area contributed by atoms with E-state index in [4.69, 9.17) is 62.0 Å². The molecule has 2 aliphatic rings. The molecule has 2 fully saturated rings. The zero-order chi connectivity index (χ0) is 34.3. The van der Waals surface area contributed by atoms with E-state index in [9.17, 15) is 29.4 Å². The van der Waals surface area contributed by atoms with Gasteiger partial charge >= 0.3 is 12.3 Å². The molecule has 266 valence electrons. The van der Waals surface area contributed by atoms with Crippen LogP contribution in [0.2, 0.25) is 0 Å². The molecule has 20 heteroatoms. The van der Waals surface area contributed by atoms with Crippen molar-refractivity contribution in [1.29, 1.82) is 0 Å². The number of carbonyl (C=O) groups excluding carboxylic acids is 4. The maximum atomic E-state index is 11.3. The largest absolute Gasteiger partial charge is 0.508 e. The number of aliphatic hydroxyl groups excluding tert-OH is 2. The summed E-state index contributed by atoms with van der Waals surface area (Å²) in [7, 11) is 2.75. The molecule has 0 aromatic carbocycles. The van der Waals surface area contributed by atoms with Gasteiger partial charge in [-0.25, -0.2) is 9.59 Å². The van der Waals surface area contributed by atoms with Gasteiger partial charge in [0, 0.05) is 21.1 Å². The van der Waals surface area contributed by atoms with Crippen LogP contribution >= 0.6 is 0 Å². The third kappa shape index (κ3) is 17.4. The fourth-order valence-electron chi connectivity index (χ4n) is 3.69. The molecule has 2 saturated heterocycles. The molecule has 0 spiro atoms. The van der Waals surface area contributed by atoms with Gasteiger partial charge in [-0.15, -0.1) is 0 Å². The van der Waals surface area contributed by atoms with E-state index < -0.39 is 67.1 Å². The van der Waals surface area contributed by atoms with E-state index in [2.05, 4.69) is 4.74 Å². The van der Waals surface area contributed by atoms with Crippen molar-refractivity contribution in [1.82, 2.24) is 0 Å². The summed E-state index contributed by atoms with van der Waals surface area (Å²) in [5.41, 5.74) is 0. The van der Waals surface area contributed by atoms with Crippen molar-refractivity contribution in [2.75, 3.05) is 80.3 Å². The molecule has 2 aliphatic heterocycles. The van der Waals surface area contributed by atoms with Gasteiger partial charge in [-0.3, -0.25) is 14.4 Å². The van der Waals surface area contributed by atoms with Gasteiger partial charge in [-0.1, -0.05) is 0 Å². The fraction of sp³-hybridized carbons (Fsp3) is 0.808. The van der Waals surface area contributed by atoms with Crippen LogP contribution in [0.4, 0.5) is 9.59 Å². The summed E-state index contributed by atoms with van der Waals surface area (Å²) in [6.07, 6.45) is -10.3. The highest BCUT2D eigenvalue weighted by atomic mass is 16.8. The van der Waals surface area contributed by atoms with Gasteiger partial charge in [0.25, 0.3) is 18.9 Å². The van der Waals surface area contributed by atoms with E-state index in [-0.39, 0.29) is 79.0 Å². The lowest BCUT2D eigenvalue weighted by Crippen LogP contribution is -2.51. The molecule has 8 atom stereocenters. The Hall–Kier alpha value is -3.37. The molecule has 2 heterocycles. The van der Waals surface area contributed by atoms with Gasteiger partial charge in [-0.05, 0) is 0 Å². The maximum absolute atomic E-state index is 11.3. The average Bonchev–Trinajstić information content (AvgIpc) is 3.63. The third-order valence-electron chi connectivity index (χ3n) is 5.83. The predicted molar refractivity (Wildman–Crippen MR) is 145 cm³/mol. The van der Waals surface area contributed by atoms with Gasteiger partial charge in [0.2, 0.25) is 0 Å². The summed E-state index contributed by atoms with van der Waals surface area (Å²) in [6, 6.07) is 0. The molecule has 0 saturated carbocycles. The first-order valence-electron chi connectivity index (χ1n) is 13.8. The van der Waals surface area contributed by atoms with E-state index in [1.807, 2.05) is 0 Å². The number of carbonyl (C=O) groups is 5. The second kappa shape index (κ2) is 23.9. The van der Waals surface area contributed by atoms with E-state index >= 15 is 0 Å². The van der Waals surface area contributed by atoms with E-state index in [0.29, 0.717) is 0 Å². The first-order chi connectivity index (χ1) is 22.0. The zero-order valence-electron chi connectivity index (χ0n) is 25.6. The molecule has 8 unspecified atom stereocenters. The Kier molecular flexibility index (Phi) is 21.1. The summed E-state index contributed by atoms with van der Waals surface area (Å²) >= 11 is 0. The van der Waals surface area contributed by atoms with Crippen molar-refractivity contribution in [3.8, 4) is 0 Å². The third-order valence-corrected chi connectivity index (χ3v) is 5.83. The number of cyclic esters (lactones) is 4. The van der Waals surface area contributed by atoms with E-state index in [0.717, 1.165) is 6.92 Å². The lowest BCUT2D eigenvalue weighted by atomic mass is 10.0. The average molecular weight is 675 g/mol. The van der Waals surface area contributed by atoms with Crippen LogP contribution in [-0.4, -0.2) is 176 Å². The molecule has 3 N–H and O–H groups in total. The summed E-state index contributed by atoms with van der Waals surface area (Å²) < 4.78 is 61.6. The molecule has 46 heavy (non-hydrogen) atoms. The van der Waals surface area contributed by atoms with Crippen molar-refractivity contribution >= 4 is 31.2 Å². The van der Waals surface area contributed by atoms with Gasteiger partial charge in [0.15, 0.2) is 12.2 Å². The Morgan fingerprint density at radius 3 is 2.00 bits per heavy atom. The standard InChI is InChI=1S/C24H38O18.C2H4O2/c1-31-3-16(40-14-26)5-34-12-20(36-8-18-10-39-24(30)42-18)21(28)22(37-7-15(32-2)4-35-13-25)19(27)11-33-6-17-9-38-23(29)41-17;1-2(3)4/h13-22,27-28H,3-12H2,1-2H3;1H3,(H,3,4). The Labute approximate surface area is 263 Å². The van der Waals surface area contributed by atoms with Gasteiger partial charge in [0.1, 0.15) is 56.4 Å². The number of carboxylic acid groups (broad SMARTS) is 1. The molecule has 0 radical (unpaired) electrons. The fourth-order valence-corrected chi connectivity index (χ4v) is 3.69. The molecular formula is C26H42O20. The van der Waals surface area contributed by atoms with Crippen molar-refractivity contribution < 1.29 is 96.1 Å². The number of hydrogen-bond acceptors (Lipinski definition) is 19. The van der Waals surface area contributed by atoms with Crippen LogP contribution in [0.25, 0.3) is 0 Å². The van der Waals surface area contributed by atoms with Crippen LogP contribution in [0.15, 0.2) is 0 Å².